The molecule has 0 rings (SSSR count). The fourth-order valence-electron chi connectivity index (χ4n) is 1.64. The summed E-state index contributed by atoms with van der Waals surface area (Å²) in [5.74, 6) is -1.38. The quantitative estimate of drug-likeness (QED) is 0.653. The normalized spacial score (nSPS) is 12.0. The zero-order chi connectivity index (χ0) is 14.1. The Morgan fingerprint density at radius 3 is 2.44 bits per heavy atom. The molecule has 0 radical (unpaired) electrons. The fourth-order valence-corrected chi connectivity index (χ4v) is 1.64. The van der Waals surface area contributed by atoms with Crippen LogP contribution in [0.2, 0.25) is 0 Å². The highest BCUT2D eigenvalue weighted by atomic mass is 16.4. The predicted molar refractivity (Wildman–Crippen MR) is 71.5 cm³/mol. The van der Waals surface area contributed by atoms with Crippen LogP contribution in [0.1, 0.15) is 33.6 Å². The molecule has 0 aliphatic rings. The second kappa shape index (κ2) is 8.55. The van der Waals surface area contributed by atoms with Gasteiger partial charge in [0.2, 0.25) is 0 Å². The summed E-state index contributed by atoms with van der Waals surface area (Å²) in [4.78, 5) is 24.4. The van der Waals surface area contributed by atoms with Crippen molar-refractivity contribution in [3.05, 3.63) is 12.7 Å². The van der Waals surface area contributed by atoms with Gasteiger partial charge in [-0.05, 0) is 20.3 Å². The molecule has 0 aromatic rings. The Morgan fingerprint density at radius 1 is 1.44 bits per heavy atom. The van der Waals surface area contributed by atoms with Crippen molar-refractivity contribution in [3.8, 4) is 0 Å². The molecule has 0 fully saturated rings. The standard InChI is InChI=1S/C13H24N2O3/c1-5-7-11(12(16)17)9-14-13(18)15(8-6-2)10(3)4/h6,10-11H,2,5,7-9H2,1,3-4H3,(H,14,18)(H,16,17). The number of aliphatic carboxylic acids is 1. The van der Waals surface area contributed by atoms with Crippen molar-refractivity contribution < 1.29 is 14.7 Å². The smallest absolute Gasteiger partial charge is 0.317 e. The zero-order valence-electron chi connectivity index (χ0n) is 11.5. The van der Waals surface area contributed by atoms with Crippen LogP contribution < -0.4 is 5.32 Å². The summed E-state index contributed by atoms with van der Waals surface area (Å²) in [5.41, 5.74) is 0. The molecule has 5 nitrogen and oxygen atoms in total. The molecule has 104 valence electrons. The van der Waals surface area contributed by atoms with Gasteiger partial charge < -0.3 is 15.3 Å². The molecular formula is C13H24N2O3. The van der Waals surface area contributed by atoms with Crippen LogP contribution in [0.5, 0.6) is 0 Å². The van der Waals surface area contributed by atoms with Crippen molar-refractivity contribution in [2.75, 3.05) is 13.1 Å². The first-order chi connectivity index (χ1) is 8.43. The van der Waals surface area contributed by atoms with E-state index in [-0.39, 0.29) is 18.6 Å². The van der Waals surface area contributed by atoms with E-state index in [4.69, 9.17) is 5.11 Å². The lowest BCUT2D eigenvalue weighted by atomic mass is 10.0. The lowest BCUT2D eigenvalue weighted by Gasteiger charge is -2.26. The average molecular weight is 256 g/mol. The van der Waals surface area contributed by atoms with Crippen molar-refractivity contribution >= 4 is 12.0 Å². The molecule has 2 N–H and O–H groups in total. The van der Waals surface area contributed by atoms with Crippen LogP contribution in [-0.2, 0) is 4.79 Å². The highest BCUT2D eigenvalue weighted by Gasteiger charge is 2.20. The topological polar surface area (TPSA) is 69.6 Å². The number of carbonyl (C=O) groups is 2. The van der Waals surface area contributed by atoms with E-state index in [2.05, 4.69) is 11.9 Å². The van der Waals surface area contributed by atoms with Gasteiger partial charge in [-0.25, -0.2) is 4.79 Å². The van der Waals surface area contributed by atoms with E-state index in [0.29, 0.717) is 13.0 Å². The first-order valence-electron chi connectivity index (χ1n) is 6.32. The molecule has 18 heavy (non-hydrogen) atoms. The van der Waals surface area contributed by atoms with Gasteiger partial charge in [-0.2, -0.15) is 0 Å². The minimum absolute atomic E-state index is 0.0532. The van der Waals surface area contributed by atoms with E-state index in [1.54, 1.807) is 11.0 Å². The lowest BCUT2D eigenvalue weighted by Crippen LogP contribution is -2.46. The molecule has 0 bridgehead atoms. The zero-order valence-corrected chi connectivity index (χ0v) is 11.5. The van der Waals surface area contributed by atoms with Crippen molar-refractivity contribution in [1.29, 1.82) is 0 Å². The van der Waals surface area contributed by atoms with Gasteiger partial charge in [-0.3, -0.25) is 4.79 Å². The van der Waals surface area contributed by atoms with Crippen LogP contribution in [0.3, 0.4) is 0 Å². The Hall–Kier alpha value is -1.52. The Balaban J connectivity index is 4.35. The van der Waals surface area contributed by atoms with Crippen molar-refractivity contribution in [2.45, 2.75) is 39.7 Å². The Morgan fingerprint density at radius 2 is 2.06 bits per heavy atom. The van der Waals surface area contributed by atoms with E-state index in [1.165, 1.54) is 0 Å². The van der Waals surface area contributed by atoms with E-state index in [0.717, 1.165) is 6.42 Å². The number of amides is 2. The van der Waals surface area contributed by atoms with E-state index < -0.39 is 11.9 Å². The van der Waals surface area contributed by atoms with Gasteiger partial charge in [-0.1, -0.05) is 19.4 Å². The molecule has 0 saturated heterocycles. The minimum Gasteiger partial charge on any atom is -0.481 e. The summed E-state index contributed by atoms with van der Waals surface area (Å²) < 4.78 is 0. The van der Waals surface area contributed by atoms with Gasteiger partial charge in [-0.15, -0.1) is 6.58 Å². The Bertz CT molecular complexity index is 290. The number of nitrogens with zero attached hydrogens (tertiary/aromatic N) is 1. The van der Waals surface area contributed by atoms with E-state index in [1.807, 2.05) is 20.8 Å². The van der Waals surface area contributed by atoms with Gasteiger partial charge >= 0.3 is 12.0 Å². The molecule has 1 unspecified atom stereocenters. The van der Waals surface area contributed by atoms with Crippen LogP contribution in [0.25, 0.3) is 0 Å². The van der Waals surface area contributed by atoms with Crippen molar-refractivity contribution in [3.63, 3.8) is 0 Å². The molecule has 5 heteroatoms. The summed E-state index contributed by atoms with van der Waals surface area (Å²) in [6, 6.07) is -0.190. The maximum atomic E-state index is 11.9. The number of carboxylic acid groups (broad SMARTS) is 1. The summed E-state index contributed by atoms with van der Waals surface area (Å²) in [6.45, 7) is 9.96. The maximum absolute atomic E-state index is 11.9. The summed E-state index contributed by atoms with van der Waals surface area (Å²) >= 11 is 0. The molecule has 0 aromatic heterocycles. The third kappa shape index (κ3) is 5.70. The van der Waals surface area contributed by atoms with E-state index >= 15 is 0 Å². The molecule has 0 spiro atoms. The molecule has 0 aliphatic carbocycles. The van der Waals surface area contributed by atoms with Crippen LogP contribution in [0, 0.1) is 5.92 Å². The number of urea groups is 1. The summed E-state index contributed by atoms with van der Waals surface area (Å²) in [6.07, 6.45) is 3.01. The monoisotopic (exact) mass is 256 g/mol. The molecule has 0 aromatic carbocycles. The number of carbonyl (C=O) groups excluding carboxylic acids is 1. The lowest BCUT2D eigenvalue weighted by molar-refractivity contribution is -0.141. The Labute approximate surface area is 109 Å². The van der Waals surface area contributed by atoms with Crippen LogP contribution >= 0.6 is 0 Å². The van der Waals surface area contributed by atoms with Crippen LogP contribution in [0.4, 0.5) is 4.79 Å². The number of carboxylic acids is 1. The van der Waals surface area contributed by atoms with Crippen LogP contribution in [0.15, 0.2) is 12.7 Å². The molecule has 0 aliphatic heterocycles. The molecular weight excluding hydrogens is 232 g/mol. The van der Waals surface area contributed by atoms with Gasteiger partial charge in [0.25, 0.3) is 0 Å². The fraction of sp³-hybridized carbons (Fsp3) is 0.692. The van der Waals surface area contributed by atoms with E-state index in [9.17, 15) is 9.59 Å². The van der Waals surface area contributed by atoms with Gasteiger partial charge in [0.15, 0.2) is 0 Å². The summed E-state index contributed by atoms with van der Waals surface area (Å²) in [7, 11) is 0. The molecule has 1 atom stereocenters. The van der Waals surface area contributed by atoms with Gasteiger partial charge in [0.05, 0.1) is 5.92 Å². The number of rotatable bonds is 8. The SMILES string of the molecule is C=CCN(C(=O)NCC(CCC)C(=O)O)C(C)C. The average Bonchev–Trinajstić information content (AvgIpc) is 2.30. The van der Waals surface area contributed by atoms with Gasteiger partial charge in [0.1, 0.15) is 0 Å². The van der Waals surface area contributed by atoms with Crippen molar-refractivity contribution in [2.24, 2.45) is 5.92 Å². The van der Waals surface area contributed by atoms with Crippen LogP contribution in [-0.4, -0.2) is 41.1 Å². The molecule has 0 heterocycles. The highest BCUT2D eigenvalue weighted by Crippen LogP contribution is 2.06. The first-order valence-corrected chi connectivity index (χ1v) is 6.32. The van der Waals surface area contributed by atoms with Crippen molar-refractivity contribution in [1.82, 2.24) is 10.2 Å². The number of hydrogen-bond acceptors (Lipinski definition) is 2. The van der Waals surface area contributed by atoms with Gasteiger partial charge in [0, 0.05) is 19.1 Å². The minimum atomic E-state index is -0.864. The molecule has 0 saturated carbocycles. The largest absolute Gasteiger partial charge is 0.481 e. The third-order valence-corrected chi connectivity index (χ3v) is 2.70. The Kier molecular flexibility index (Phi) is 7.83. The number of nitrogens with one attached hydrogen (secondary N) is 1. The third-order valence-electron chi connectivity index (χ3n) is 2.70. The molecule has 2 amide bonds. The second-order valence-corrected chi connectivity index (χ2v) is 4.54. The number of hydrogen-bond donors (Lipinski definition) is 2. The first kappa shape index (κ1) is 16.5. The maximum Gasteiger partial charge on any atom is 0.317 e. The second-order valence-electron chi connectivity index (χ2n) is 4.54. The predicted octanol–water partition coefficient (Wildman–Crippen LogP) is 2.09. The summed E-state index contributed by atoms with van der Waals surface area (Å²) in [5, 5.41) is 11.7. The highest BCUT2D eigenvalue weighted by molar-refractivity contribution is 5.76.